The number of thioether (sulfide) groups is 1. The number of benzene rings is 2. The molecule has 9 heteroatoms. The van der Waals surface area contributed by atoms with Gasteiger partial charge in [0.15, 0.2) is 11.0 Å². The molecule has 1 unspecified atom stereocenters. The minimum atomic E-state index is -0.407. The quantitative estimate of drug-likeness (QED) is 0.356. The van der Waals surface area contributed by atoms with Crippen LogP contribution in [0.1, 0.15) is 46.2 Å². The standard InChI is InChI=1S/C26H28FN5O2S/c1-4-12-32-24(22-9-6-13-31(22)25(34)19-8-5-7-17(2)14-19)29-30-26(32)35-16-23(33)28-21-15-20(27)11-10-18(21)3/h4-5,7-8,10-11,14-15,22H,1,6,9,12-13,16H2,2-3H3,(H,28,33). The van der Waals surface area contributed by atoms with E-state index in [2.05, 4.69) is 22.1 Å². The summed E-state index contributed by atoms with van der Waals surface area (Å²) in [6, 6.07) is 11.7. The third-order valence-corrected chi connectivity index (χ3v) is 6.91. The lowest BCUT2D eigenvalue weighted by atomic mass is 10.1. The zero-order valence-electron chi connectivity index (χ0n) is 19.8. The molecular weight excluding hydrogens is 465 g/mol. The Bertz CT molecular complexity index is 1260. The van der Waals surface area contributed by atoms with Crippen molar-refractivity contribution in [1.82, 2.24) is 19.7 Å². The number of hydrogen-bond acceptors (Lipinski definition) is 5. The number of anilines is 1. The lowest BCUT2D eigenvalue weighted by molar-refractivity contribution is -0.113. The van der Waals surface area contributed by atoms with Crippen LogP contribution in [0.15, 0.2) is 60.3 Å². The monoisotopic (exact) mass is 493 g/mol. The fourth-order valence-electron chi connectivity index (χ4n) is 4.22. The molecule has 1 N–H and O–H groups in total. The van der Waals surface area contributed by atoms with E-state index in [9.17, 15) is 14.0 Å². The molecule has 1 atom stereocenters. The number of aryl methyl sites for hydroxylation is 2. The maximum Gasteiger partial charge on any atom is 0.254 e. The second kappa shape index (κ2) is 10.9. The summed E-state index contributed by atoms with van der Waals surface area (Å²) in [6.45, 7) is 8.72. The number of nitrogens with zero attached hydrogens (tertiary/aromatic N) is 4. The van der Waals surface area contributed by atoms with Crippen molar-refractivity contribution in [1.29, 1.82) is 0 Å². The van der Waals surface area contributed by atoms with Crippen LogP contribution in [0.25, 0.3) is 0 Å². The first-order chi connectivity index (χ1) is 16.9. The van der Waals surface area contributed by atoms with Gasteiger partial charge in [-0.15, -0.1) is 16.8 Å². The van der Waals surface area contributed by atoms with Crippen LogP contribution in [0, 0.1) is 19.7 Å². The van der Waals surface area contributed by atoms with Gasteiger partial charge in [-0.25, -0.2) is 4.39 Å². The van der Waals surface area contributed by atoms with Crippen molar-refractivity contribution >= 4 is 29.3 Å². The maximum absolute atomic E-state index is 13.5. The molecular formula is C26H28FN5O2S. The van der Waals surface area contributed by atoms with E-state index in [1.165, 1.54) is 23.9 Å². The average molecular weight is 494 g/mol. The molecule has 7 nitrogen and oxygen atoms in total. The molecule has 182 valence electrons. The molecule has 1 aromatic heterocycles. The van der Waals surface area contributed by atoms with Gasteiger partial charge in [0.1, 0.15) is 5.82 Å². The van der Waals surface area contributed by atoms with Gasteiger partial charge in [0.05, 0.1) is 11.8 Å². The topological polar surface area (TPSA) is 80.1 Å². The predicted octanol–water partition coefficient (Wildman–Crippen LogP) is 4.93. The van der Waals surface area contributed by atoms with Gasteiger partial charge < -0.3 is 14.8 Å². The molecule has 35 heavy (non-hydrogen) atoms. The van der Waals surface area contributed by atoms with Crippen LogP contribution in [0.5, 0.6) is 0 Å². The summed E-state index contributed by atoms with van der Waals surface area (Å²) >= 11 is 1.24. The number of carbonyl (C=O) groups excluding carboxylic acids is 2. The van der Waals surface area contributed by atoms with E-state index in [0.29, 0.717) is 35.3 Å². The van der Waals surface area contributed by atoms with Crippen LogP contribution in [-0.4, -0.2) is 43.8 Å². The molecule has 3 aromatic rings. The Kier molecular flexibility index (Phi) is 7.65. The van der Waals surface area contributed by atoms with Crippen LogP contribution < -0.4 is 5.32 Å². The largest absolute Gasteiger partial charge is 0.328 e. The summed E-state index contributed by atoms with van der Waals surface area (Å²) in [5.74, 6) is 0.0726. The Morgan fingerprint density at radius 3 is 2.83 bits per heavy atom. The Morgan fingerprint density at radius 1 is 1.23 bits per heavy atom. The van der Waals surface area contributed by atoms with Crippen LogP contribution in [0.4, 0.5) is 10.1 Å². The maximum atomic E-state index is 13.5. The number of rotatable bonds is 8. The summed E-state index contributed by atoms with van der Waals surface area (Å²) in [5.41, 5.74) is 2.92. The zero-order chi connectivity index (χ0) is 24.9. The Balaban J connectivity index is 1.50. The number of hydrogen-bond donors (Lipinski definition) is 1. The molecule has 0 aliphatic carbocycles. The van der Waals surface area contributed by atoms with E-state index in [1.54, 1.807) is 19.1 Å². The number of nitrogens with one attached hydrogen (secondary N) is 1. The van der Waals surface area contributed by atoms with E-state index in [1.807, 2.05) is 40.7 Å². The highest BCUT2D eigenvalue weighted by Crippen LogP contribution is 2.34. The first kappa shape index (κ1) is 24.7. The van der Waals surface area contributed by atoms with E-state index < -0.39 is 5.82 Å². The van der Waals surface area contributed by atoms with E-state index in [-0.39, 0.29) is 23.6 Å². The molecule has 2 aromatic carbocycles. The number of halogens is 1. The summed E-state index contributed by atoms with van der Waals surface area (Å²) < 4.78 is 15.4. The fourth-order valence-corrected chi connectivity index (χ4v) is 4.98. The molecule has 1 saturated heterocycles. The van der Waals surface area contributed by atoms with Crippen LogP contribution in [-0.2, 0) is 11.3 Å². The predicted molar refractivity (Wildman–Crippen MR) is 135 cm³/mol. The highest BCUT2D eigenvalue weighted by molar-refractivity contribution is 7.99. The molecule has 4 rings (SSSR count). The minimum absolute atomic E-state index is 0.0246. The molecule has 0 spiro atoms. The van der Waals surface area contributed by atoms with Crippen LogP contribution in [0.2, 0.25) is 0 Å². The molecule has 2 heterocycles. The first-order valence-corrected chi connectivity index (χ1v) is 12.5. The van der Waals surface area contributed by atoms with Gasteiger partial charge >= 0.3 is 0 Å². The van der Waals surface area contributed by atoms with E-state index >= 15 is 0 Å². The van der Waals surface area contributed by atoms with Gasteiger partial charge in [-0.3, -0.25) is 9.59 Å². The number of aromatic nitrogens is 3. The molecule has 2 amide bonds. The zero-order valence-corrected chi connectivity index (χ0v) is 20.6. The molecule has 1 aliphatic rings. The van der Waals surface area contributed by atoms with Gasteiger partial charge in [0, 0.05) is 24.3 Å². The third kappa shape index (κ3) is 5.62. The van der Waals surface area contributed by atoms with Crippen molar-refractivity contribution in [2.75, 3.05) is 17.6 Å². The first-order valence-electron chi connectivity index (χ1n) is 11.5. The molecule has 0 radical (unpaired) electrons. The smallest absolute Gasteiger partial charge is 0.254 e. The van der Waals surface area contributed by atoms with Crippen molar-refractivity contribution in [3.05, 3.63) is 83.5 Å². The lowest BCUT2D eigenvalue weighted by Gasteiger charge is -2.25. The Hall–Kier alpha value is -3.46. The Labute approximate surface area is 208 Å². The SMILES string of the molecule is C=CCn1c(SCC(=O)Nc2cc(F)ccc2C)nnc1C1CCCN1C(=O)c1cccc(C)c1. The van der Waals surface area contributed by atoms with Crippen molar-refractivity contribution in [3.63, 3.8) is 0 Å². The van der Waals surface area contributed by atoms with Gasteiger partial charge in [-0.1, -0.05) is 41.6 Å². The highest BCUT2D eigenvalue weighted by atomic mass is 32.2. The number of allylic oxidation sites excluding steroid dienone is 1. The normalized spacial score (nSPS) is 15.3. The summed E-state index contributed by atoms with van der Waals surface area (Å²) in [6.07, 6.45) is 3.41. The average Bonchev–Trinajstić information content (AvgIpc) is 3.47. The molecule has 1 aliphatic heterocycles. The number of amides is 2. The van der Waals surface area contributed by atoms with E-state index in [0.717, 1.165) is 24.0 Å². The third-order valence-electron chi connectivity index (χ3n) is 5.94. The minimum Gasteiger partial charge on any atom is -0.328 e. The van der Waals surface area contributed by atoms with Crippen molar-refractivity contribution in [3.8, 4) is 0 Å². The number of likely N-dealkylation sites (tertiary alicyclic amines) is 1. The molecule has 0 bridgehead atoms. The second-order valence-corrected chi connectivity index (χ2v) is 9.50. The summed E-state index contributed by atoms with van der Waals surface area (Å²) in [7, 11) is 0. The fraction of sp³-hybridized carbons (Fsp3) is 0.308. The molecule has 0 saturated carbocycles. The van der Waals surface area contributed by atoms with Crippen LogP contribution >= 0.6 is 11.8 Å². The van der Waals surface area contributed by atoms with Crippen molar-refractivity contribution < 1.29 is 14.0 Å². The summed E-state index contributed by atoms with van der Waals surface area (Å²) in [4.78, 5) is 27.6. The van der Waals surface area contributed by atoms with Crippen molar-refractivity contribution in [2.45, 2.75) is 44.4 Å². The van der Waals surface area contributed by atoms with Gasteiger partial charge in [0.25, 0.3) is 5.91 Å². The lowest BCUT2D eigenvalue weighted by Crippen LogP contribution is -2.32. The second-order valence-electron chi connectivity index (χ2n) is 8.56. The summed E-state index contributed by atoms with van der Waals surface area (Å²) in [5, 5.41) is 12.1. The highest BCUT2D eigenvalue weighted by Gasteiger charge is 2.34. The van der Waals surface area contributed by atoms with Crippen LogP contribution in [0.3, 0.4) is 0 Å². The van der Waals surface area contributed by atoms with Gasteiger partial charge in [-0.2, -0.15) is 0 Å². The van der Waals surface area contributed by atoms with Gasteiger partial charge in [0.2, 0.25) is 5.91 Å². The van der Waals surface area contributed by atoms with Gasteiger partial charge in [-0.05, 0) is 56.5 Å². The Morgan fingerprint density at radius 2 is 2.06 bits per heavy atom. The van der Waals surface area contributed by atoms with Crippen molar-refractivity contribution in [2.24, 2.45) is 0 Å². The molecule has 1 fully saturated rings. The van der Waals surface area contributed by atoms with E-state index in [4.69, 9.17) is 0 Å². The number of carbonyl (C=O) groups is 2.